The van der Waals surface area contributed by atoms with Gasteiger partial charge in [-0.1, -0.05) is 27.7 Å². The summed E-state index contributed by atoms with van der Waals surface area (Å²) in [6.45, 7) is 11.9. The Balaban J connectivity index is 0. The molecule has 13 heavy (non-hydrogen) atoms. The van der Waals surface area contributed by atoms with Gasteiger partial charge in [-0.3, -0.25) is 0 Å². The van der Waals surface area contributed by atoms with E-state index in [0.29, 0.717) is 6.61 Å². The first-order valence-electron chi connectivity index (χ1n) is 5.76. The number of aliphatic hydroxyl groups is 1. The second-order valence-corrected chi connectivity index (χ2v) is 2.63. The van der Waals surface area contributed by atoms with Gasteiger partial charge < -0.3 is 10.0 Å². The van der Waals surface area contributed by atoms with Crippen molar-refractivity contribution < 1.29 is 5.11 Å². The zero-order valence-corrected chi connectivity index (χ0v) is 9.84. The average molecular weight is 189 g/mol. The molecule has 1 heterocycles. The van der Waals surface area contributed by atoms with Crippen LogP contribution >= 0.6 is 0 Å². The molecule has 0 amide bonds. The number of likely N-dealkylation sites (tertiary alicyclic amines) is 1. The Bertz CT molecular complexity index is 70.5. The van der Waals surface area contributed by atoms with Crippen LogP contribution < -0.4 is 0 Å². The van der Waals surface area contributed by atoms with Crippen LogP contribution in [0.15, 0.2) is 0 Å². The number of hydrogen-bond acceptors (Lipinski definition) is 2. The van der Waals surface area contributed by atoms with Crippen LogP contribution in [0, 0.1) is 0 Å². The van der Waals surface area contributed by atoms with Gasteiger partial charge in [-0.25, -0.2) is 0 Å². The lowest BCUT2D eigenvalue weighted by atomic mass is 10.4. The van der Waals surface area contributed by atoms with Crippen molar-refractivity contribution in [2.45, 2.75) is 47.0 Å². The molecule has 1 rings (SSSR count). The zero-order chi connectivity index (χ0) is 10.5. The van der Waals surface area contributed by atoms with Gasteiger partial charge in [-0.05, 0) is 32.4 Å². The van der Waals surface area contributed by atoms with Gasteiger partial charge in [-0.2, -0.15) is 0 Å². The lowest BCUT2D eigenvalue weighted by Crippen LogP contribution is -2.20. The Morgan fingerprint density at radius 2 is 1.46 bits per heavy atom. The summed E-state index contributed by atoms with van der Waals surface area (Å²) in [5, 5.41) is 8.50. The lowest BCUT2D eigenvalue weighted by Gasteiger charge is -2.12. The Hall–Kier alpha value is -0.0800. The van der Waals surface area contributed by atoms with Gasteiger partial charge in [0.1, 0.15) is 0 Å². The Morgan fingerprint density at radius 3 is 1.85 bits per heavy atom. The third kappa shape index (κ3) is 9.84. The molecule has 1 aliphatic heterocycles. The maximum absolute atomic E-state index is 8.50. The first-order valence-corrected chi connectivity index (χ1v) is 5.76. The number of aliphatic hydroxyl groups excluding tert-OH is 1. The number of hydrogen-bond donors (Lipinski definition) is 1. The van der Waals surface area contributed by atoms with Crippen molar-refractivity contribution in [2.75, 3.05) is 26.2 Å². The first-order chi connectivity index (χ1) is 6.43. The first kappa shape index (κ1) is 15.4. The van der Waals surface area contributed by atoms with E-state index in [1.54, 1.807) is 0 Å². The van der Waals surface area contributed by atoms with Crippen LogP contribution in [-0.2, 0) is 0 Å². The molecule has 0 aromatic carbocycles. The van der Waals surface area contributed by atoms with E-state index in [1.165, 1.54) is 25.9 Å². The fraction of sp³-hybridized carbons (Fsp3) is 1.00. The molecule has 0 unspecified atom stereocenters. The molecule has 0 bridgehead atoms. The molecular formula is C11H27NO. The van der Waals surface area contributed by atoms with Crippen LogP contribution in [0.3, 0.4) is 0 Å². The molecule has 0 spiro atoms. The van der Waals surface area contributed by atoms with Crippen molar-refractivity contribution in [1.82, 2.24) is 4.90 Å². The van der Waals surface area contributed by atoms with Gasteiger partial charge in [0.15, 0.2) is 0 Å². The summed E-state index contributed by atoms with van der Waals surface area (Å²) >= 11 is 0. The third-order valence-electron chi connectivity index (χ3n) is 1.83. The smallest absolute Gasteiger partial charge is 0.0443 e. The number of rotatable bonds is 3. The quantitative estimate of drug-likeness (QED) is 0.737. The molecule has 0 aromatic rings. The minimum Gasteiger partial charge on any atom is -0.396 e. The maximum atomic E-state index is 8.50. The summed E-state index contributed by atoms with van der Waals surface area (Å²) in [5.74, 6) is 0. The topological polar surface area (TPSA) is 23.5 Å². The second kappa shape index (κ2) is 14.4. The monoisotopic (exact) mass is 189 g/mol. The maximum Gasteiger partial charge on any atom is 0.0443 e. The summed E-state index contributed by atoms with van der Waals surface area (Å²) in [6.07, 6.45) is 3.65. The van der Waals surface area contributed by atoms with E-state index in [0.717, 1.165) is 13.0 Å². The van der Waals surface area contributed by atoms with E-state index >= 15 is 0 Å². The van der Waals surface area contributed by atoms with Crippen LogP contribution in [0.5, 0.6) is 0 Å². The summed E-state index contributed by atoms with van der Waals surface area (Å²) in [7, 11) is 0. The van der Waals surface area contributed by atoms with Gasteiger partial charge in [0.05, 0.1) is 0 Å². The van der Waals surface area contributed by atoms with Gasteiger partial charge in [-0.15, -0.1) is 0 Å². The Kier molecular flexibility index (Phi) is 17.1. The molecule has 0 aromatic heterocycles. The fourth-order valence-electron chi connectivity index (χ4n) is 1.30. The summed E-state index contributed by atoms with van der Waals surface area (Å²) in [4.78, 5) is 2.41. The highest BCUT2D eigenvalue weighted by atomic mass is 16.3. The minimum absolute atomic E-state index is 0.344. The van der Waals surface area contributed by atoms with E-state index in [-0.39, 0.29) is 0 Å². The molecule has 0 saturated carbocycles. The predicted octanol–water partition coefficient (Wildman–Crippen LogP) is 2.52. The van der Waals surface area contributed by atoms with Crippen molar-refractivity contribution in [1.29, 1.82) is 0 Å². The van der Waals surface area contributed by atoms with Gasteiger partial charge in [0.25, 0.3) is 0 Å². The van der Waals surface area contributed by atoms with Gasteiger partial charge >= 0.3 is 0 Å². The largest absolute Gasteiger partial charge is 0.396 e. The van der Waals surface area contributed by atoms with E-state index < -0.39 is 0 Å². The van der Waals surface area contributed by atoms with Crippen molar-refractivity contribution in [3.8, 4) is 0 Å². The molecule has 0 aliphatic carbocycles. The molecule has 1 aliphatic rings. The Morgan fingerprint density at radius 1 is 1.00 bits per heavy atom. The van der Waals surface area contributed by atoms with Crippen molar-refractivity contribution in [3.63, 3.8) is 0 Å². The summed E-state index contributed by atoms with van der Waals surface area (Å²) < 4.78 is 0. The standard InChI is InChI=1S/C7H15NO.2C2H6/c9-7-3-6-8-4-1-2-5-8;2*1-2/h9H,1-7H2;2*1-2H3. The molecule has 1 fully saturated rings. The van der Waals surface area contributed by atoms with Gasteiger partial charge in [0, 0.05) is 13.2 Å². The molecule has 1 N–H and O–H groups in total. The van der Waals surface area contributed by atoms with Crippen LogP contribution in [-0.4, -0.2) is 36.2 Å². The predicted molar refractivity (Wildman–Crippen MR) is 60.1 cm³/mol. The van der Waals surface area contributed by atoms with Crippen LogP contribution in [0.25, 0.3) is 0 Å². The summed E-state index contributed by atoms with van der Waals surface area (Å²) in [5.41, 5.74) is 0. The molecular weight excluding hydrogens is 162 g/mol. The molecule has 82 valence electrons. The Labute approximate surface area is 83.9 Å². The summed E-state index contributed by atoms with van der Waals surface area (Å²) in [6, 6.07) is 0. The molecule has 0 atom stereocenters. The molecule has 2 heteroatoms. The van der Waals surface area contributed by atoms with Crippen molar-refractivity contribution in [2.24, 2.45) is 0 Å². The normalized spacial score (nSPS) is 15.5. The van der Waals surface area contributed by atoms with Crippen LogP contribution in [0.1, 0.15) is 47.0 Å². The highest BCUT2D eigenvalue weighted by Crippen LogP contribution is 2.06. The van der Waals surface area contributed by atoms with Crippen LogP contribution in [0.4, 0.5) is 0 Å². The minimum atomic E-state index is 0.344. The van der Waals surface area contributed by atoms with Gasteiger partial charge in [0.2, 0.25) is 0 Å². The van der Waals surface area contributed by atoms with Crippen molar-refractivity contribution >= 4 is 0 Å². The molecule has 0 radical (unpaired) electrons. The van der Waals surface area contributed by atoms with Crippen LogP contribution in [0.2, 0.25) is 0 Å². The highest BCUT2D eigenvalue weighted by molar-refractivity contribution is 4.64. The fourth-order valence-corrected chi connectivity index (χ4v) is 1.30. The van der Waals surface area contributed by atoms with Crippen molar-refractivity contribution in [3.05, 3.63) is 0 Å². The van der Waals surface area contributed by atoms with E-state index in [4.69, 9.17) is 5.11 Å². The second-order valence-electron chi connectivity index (χ2n) is 2.63. The third-order valence-corrected chi connectivity index (χ3v) is 1.83. The lowest BCUT2D eigenvalue weighted by molar-refractivity contribution is 0.248. The number of nitrogens with zero attached hydrogens (tertiary/aromatic N) is 1. The zero-order valence-electron chi connectivity index (χ0n) is 9.84. The molecule has 1 saturated heterocycles. The van der Waals surface area contributed by atoms with E-state index in [2.05, 4.69) is 4.90 Å². The van der Waals surface area contributed by atoms with E-state index in [9.17, 15) is 0 Å². The highest BCUT2D eigenvalue weighted by Gasteiger charge is 2.09. The van der Waals surface area contributed by atoms with E-state index in [1.807, 2.05) is 27.7 Å². The average Bonchev–Trinajstić information content (AvgIpc) is 2.73. The molecule has 2 nitrogen and oxygen atoms in total. The SMILES string of the molecule is CC.CC.OCCCN1CCCC1.